The Balaban J connectivity index is 1.39. The minimum Gasteiger partial charge on any atom is -0.497 e. The lowest BCUT2D eigenvalue weighted by Crippen LogP contribution is -2.52. The van der Waals surface area contributed by atoms with E-state index in [9.17, 15) is 4.39 Å². The quantitative estimate of drug-likeness (QED) is 0.0170. The molecule has 16 nitrogen and oxygen atoms in total. The fourth-order valence-corrected chi connectivity index (χ4v) is 7.83. The number of imidazole rings is 1. The van der Waals surface area contributed by atoms with Crippen LogP contribution in [-0.4, -0.2) is 76.0 Å². The van der Waals surface area contributed by atoms with Gasteiger partial charge in [0, 0.05) is 12.5 Å². The molecule has 58 heavy (non-hydrogen) atoms. The Hall–Kier alpha value is -4.86. The molecule has 0 saturated carbocycles. The van der Waals surface area contributed by atoms with Crippen molar-refractivity contribution < 1.29 is 42.3 Å². The highest BCUT2D eigenvalue weighted by Gasteiger charge is 2.46. The van der Waals surface area contributed by atoms with Gasteiger partial charge in [-0.2, -0.15) is 24.3 Å². The van der Waals surface area contributed by atoms with Crippen LogP contribution in [0, 0.1) is 17.4 Å². The van der Waals surface area contributed by atoms with E-state index in [1.54, 1.807) is 23.8 Å². The van der Waals surface area contributed by atoms with E-state index in [-0.39, 0.29) is 49.1 Å². The lowest BCUT2D eigenvalue weighted by Gasteiger charge is -2.42. The molecule has 0 bridgehead atoms. The number of nitrogen functional groups attached to an aromatic ring is 1. The summed E-state index contributed by atoms with van der Waals surface area (Å²) in [6, 6.07) is 27.0. The zero-order chi connectivity index (χ0) is 41.5. The smallest absolute Gasteiger partial charge is 0.312 e. The van der Waals surface area contributed by atoms with Crippen molar-refractivity contribution in [2.45, 2.75) is 76.3 Å². The van der Waals surface area contributed by atoms with Crippen LogP contribution in [0.3, 0.4) is 0 Å². The van der Waals surface area contributed by atoms with Crippen molar-refractivity contribution >= 4 is 25.5 Å². The van der Waals surface area contributed by atoms with Crippen LogP contribution in [0.4, 0.5) is 10.2 Å². The van der Waals surface area contributed by atoms with Crippen LogP contribution in [0.25, 0.3) is 11.2 Å². The fraction of sp³-hybridized carbons (Fsp3) is 0.400. The lowest BCUT2D eigenvalue weighted by atomic mass is 9.80. The summed E-state index contributed by atoms with van der Waals surface area (Å²) >= 11 is 0. The van der Waals surface area contributed by atoms with Gasteiger partial charge in [-0.1, -0.05) is 54.6 Å². The summed E-state index contributed by atoms with van der Waals surface area (Å²) < 4.78 is 59.4. The number of halogens is 1. The summed E-state index contributed by atoms with van der Waals surface area (Å²) in [7, 11) is 1.16. The van der Waals surface area contributed by atoms with Crippen molar-refractivity contribution in [2.75, 3.05) is 33.2 Å². The third-order valence-corrected chi connectivity index (χ3v) is 10.2. The molecule has 4 N–H and O–H groups in total. The van der Waals surface area contributed by atoms with Crippen LogP contribution in [-0.2, 0) is 34.0 Å². The van der Waals surface area contributed by atoms with Gasteiger partial charge in [0.25, 0.3) is 0 Å². The van der Waals surface area contributed by atoms with E-state index in [4.69, 9.17) is 54.4 Å². The van der Waals surface area contributed by atoms with E-state index in [1.165, 1.54) is 6.33 Å². The van der Waals surface area contributed by atoms with Gasteiger partial charge in [-0.05, 0) is 68.7 Å². The van der Waals surface area contributed by atoms with Crippen LogP contribution in [0.2, 0.25) is 0 Å². The number of nitrogens with zero attached hydrogens (tertiary/aromatic N) is 6. The number of fused-ring (bicyclic) bond motifs is 1. The molecule has 1 aliphatic rings. The summed E-state index contributed by atoms with van der Waals surface area (Å²) in [4.78, 5) is 17.1. The first kappa shape index (κ1) is 42.7. The Labute approximate surface area is 337 Å². The summed E-state index contributed by atoms with van der Waals surface area (Å²) in [5, 5.41) is 10.4. The molecule has 1 saturated heterocycles. The molecule has 4 atom stereocenters. The molecule has 308 valence electrons. The standard InChI is InChI=1S/C40H48FN8O8P/c1-26(2)49(56-58(44)57-53-22-10-21-42)39(3,4)55-32-23-34(48-25-45-35-36(43)46-38(41)47-37(35)48)54-33(32)24-52-40(27-11-8-7-9-12-27,28-13-17-30(50-5)18-14-28)29-15-19-31(51-6)20-16-29/h7-9,11-20,25-26,32-34H,10,22-24,44H2,1-6H3,(H2,43,46,47)/t32-,33+,34+,58?/m0/s1. The van der Waals surface area contributed by atoms with Crippen LogP contribution in [0.1, 0.15) is 63.5 Å². The first-order valence-electron chi connectivity index (χ1n) is 18.6. The van der Waals surface area contributed by atoms with Crippen molar-refractivity contribution in [3.8, 4) is 17.6 Å². The van der Waals surface area contributed by atoms with Gasteiger partial charge in [0.05, 0.1) is 52.4 Å². The topological polar surface area (TPSA) is 197 Å². The number of hydroxylamine groups is 2. The van der Waals surface area contributed by atoms with E-state index in [1.807, 2.05) is 113 Å². The first-order valence-corrected chi connectivity index (χ1v) is 19.8. The number of methoxy groups -OCH3 is 2. The third-order valence-electron chi connectivity index (χ3n) is 9.58. The molecular weight excluding hydrogens is 770 g/mol. The molecule has 18 heteroatoms. The van der Waals surface area contributed by atoms with Gasteiger partial charge in [0.2, 0.25) is 0 Å². The van der Waals surface area contributed by atoms with Crippen LogP contribution in [0.15, 0.2) is 85.2 Å². The molecule has 0 amide bonds. The molecule has 3 heterocycles. The highest BCUT2D eigenvalue weighted by atomic mass is 31.2. The van der Waals surface area contributed by atoms with Gasteiger partial charge in [0.15, 0.2) is 17.0 Å². The summed E-state index contributed by atoms with van der Waals surface area (Å²) in [5.41, 5.74) is 12.8. The van der Waals surface area contributed by atoms with Crippen molar-refractivity contribution in [1.29, 1.82) is 5.26 Å². The van der Waals surface area contributed by atoms with E-state index in [0.29, 0.717) is 11.5 Å². The second-order valence-electron chi connectivity index (χ2n) is 14.1. The van der Waals surface area contributed by atoms with Crippen molar-refractivity contribution in [1.82, 2.24) is 24.6 Å². The summed E-state index contributed by atoms with van der Waals surface area (Å²) in [5.74, 6) is 1.27. The monoisotopic (exact) mass is 818 g/mol. The second kappa shape index (κ2) is 18.8. The van der Waals surface area contributed by atoms with Crippen LogP contribution in [0.5, 0.6) is 11.5 Å². The van der Waals surface area contributed by atoms with E-state index in [0.717, 1.165) is 16.7 Å². The number of rotatable bonds is 19. The van der Waals surface area contributed by atoms with Gasteiger partial charge in [-0.3, -0.25) is 10.1 Å². The molecule has 1 unspecified atom stereocenters. The van der Waals surface area contributed by atoms with Crippen molar-refractivity contribution in [3.63, 3.8) is 0 Å². The summed E-state index contributed by atoms with van der Waals surface area (Å²) in [6.45, 7) is 7.51. The number of hydrogen-bond acceptors (Lipinski definition) is 15. The van der Waals surface area contributed by atoms with E-state index < -0.39 is 44.4 Å². The van der Waals surface area contributed by atoms with Gasteiger partial charge in [-0.15, -0.1) is 5.06 Å². The first-order chi connectivity index (χ1) is 27.9. The number of anilines is 1. The maximum atomic E-state index is 14.5. The zero-order valence-corrected chi connectivity index (χ0v) is 34.0. The Morgan fingerprint density at radius 1 is 0.983 bits per heavy atom. The van der Waals surface area contributed by atoms with Gasteiger partial charge < -0.3 is 29.4 Å². The molecular formula is C40H48FN8O8P. The fourth-order valence-electron chi connectivity index (χ4n) is 7.06. The number of benzene rings is 3. The predicted molar refractivity (Wildman–Crippen MR) is 212 cm³/mol. The normalized spacial score (nSPS) is 17.8. The molecule has 2 aromatic heterocycles. The minimum atomic E-state index is -2.07. The van der Waals surface area contributed by atoms with Gasteiger partial charge >= 0.3 is 14.6 Å². The maximum Gasteiger partial charge on any atom is 0.312 e. The number of nitrogens with two attached hydrogens (primary N) is 2. The largest absolute Gasteiger partial charge is 0.497 e. The molecule has 0 aliphatic carbocycles. The Bertz CT molecular complexity index is 2090. The van der Waals surface area contributed by atoms with Crippen LogP contribution >= 0.6 is 8.53 Å². The lowest BCUT2D eigenvalue weighted by molar-refractivity contribution is -0.295. The number of nitriles is 1. The molecule has 1 fully saturated rings. The van der Waals surface area contributed by atoms with Gasteiger partial charge in [-0.25, -0.2) is 14.5 Å². The second-order valence-corrected chi connectivity index (χ2v) is 15.0. The van der Waals surface area contributed by atoms with Gasteiger partial charge in [0.1, 0.15) is 35.2 Å². The van der Waals surface area contributed by atoms with E-state index in [2.05, 4.69) is 15.0 Å². The molecule has 0 spiro atoms. The molecule has 6 rings (SSSR count). The minimum absolute atomic E-state index is 0.00426. The average molecular weight is 819 g/mol. The van der Waals surface area contributed by atoms with Crippen molar-refractivity contribution in [2.24, 2.45) is 5.50 Å². The van der Waals surface area contributed by atoms with E-state index >= 15 is 0 Å². The third kappa shape index (κ3) is 9.37. The zero-order valence-electron chi connectivity index (χ0n) is 33.1. The maximum absolute atomic E-state index is 14.5. The number of ether oxygens (including phenoxy) is 5. The van der Waals surface area contributed by atoms with Crippen molar-refractivity contribution in [3.05, 3.63) is 108 Å². The predicted octanol–water partition coefficient (Wildman–Crippen LogP) is 6.67. The number of aromatic nitrogens is 4. The highest BCUT2D eigenvalue weighted by molar-refractivity contribution is 7.44. The Kier molecular flexibility index (Phi) is 13.9. The van der Waals surface area contributed by atoms with Crippen LogP contribution < -0.4 is 20.7 Å². The Morgan fingerprint density at radius 3 is 2.19 bits per heavy atom. The molecule has 1 aliphatic heterocycles. The SMILES string of the molecule is COc1ccc(C(OC[C@H]2O[C@@H](n3cnc4c(N)nc(F)nc43)C[C@@H]2OC(C)(C)N(OP(N)OOCCC#N)C(C)C)(c2ccccc2)c2ccc(OC)cc2)cc1. The highest BCUT2D eigenvalue weighted by Crippen LogP contribution is 2.44. The molecule has 3 aromatic carbocycles. The number of hydrogen-bond donors (Lipinski definition) is 2. The molecule has 5 aromatic rings. The Morgan fingerprint density at radius 2 is 1.60 bits per heavy atom. The molecule has 0 radical (unpaired) electrons. The average Bonchev–Trinajstić information content (AvgIpc) is 3.83. The summed E-state index contributed by atoms with van der Waals surface area (Å²) in [6.07, 6.45) is -1.26.